The van der Waals surface area contributed by atoms with Crippen LogP contribution in [0.4, 0.5) is 28.4 Å². The minimum atomic E-state index is -4.61. The number of fused-ring (bicyclic) bond motifs is 2. The molecular weight excluding hydrogens is 773 g/mol. The van der Waals surface area contributed by atoms with E-state index in [9.17, 15) is 22.6 Å². The maximum atomic E-state index is 13.0. The van der Waals surface area contributed by atoms with E-state index >= 15 is 0 Å². The van der Waals surface area contributed by atoms with Crippen LogP contribution in [0.5, 0.6) is 0 Å². The average Bonchev–Trinajstić information content (AvgIpc) is 3.19. The molecule has 1 heterocycles. The van der Waals surface area contributed by atoms with E-state index in [2.05, 4.69) is 43.6 Å². The molecule has 4 aromatic rings. The third kappa shape index (κ3) is 9.32. The number of carbonyl (C=O) groups is 2. The number of rotatable bonds is 13. The van der Waals surface area contributed by atoms with Gasteiger partial charge in [0.25, 0.3) is 10.1 Å². The summed E-state index contributed by atoms with van der Waals surface area (Å²) in [5.41, 5.74) is 11.4. The molecule has 314 valence electrons. The Morgan fingerprint density at radius 2 is 1.28 bits per heavy atom. The van der Waals surface area contributed by atoms with E-state index < -0.39 is 10.1 Å². The van der Waals surface area contributed by atoms with E-state index in [0.717, 1.165) is 69.0 Å². The number of hydrogen-bond acceptors (Lipinski definition) is 7. The summed E-state index contributed by atoms with van der Waals surface area (Å²) < 4.78 is 42.6. The highest BCUT2D eigenvalue weighted by molar-refractivity contribution is 7.86. The monoisotopic (exact) mass is 828 g/mol. The molecule has 60 heavy (non-hydrogen) atoms. The largest absolute Gasteiger partial charge is 0.456 e. The minimum absolute atomic E-state index is 0.0254. The second-order valence-electron chi connectivity index (χ2n) is 16.4. The standard InChI is InChI=1S/C49H56N4O6S/c1-11-27(3)21-43(54)52-48-31(7)23-29(5)46(33(48)9)50-35-17-19-37-40(25-35)59-41-26-36(18-20-38(41)45(37)39-15-13-14-16-42(39)60(56,57)58)51-47-30(6)24-32(8)49(34(47)10)53-44(55)22-28(4)12-2/h13-20,23-28,50H,11-12,21-22H2,1-10H3,(H,52,54)(H,53,55)(H,56,57,58)/b51-36-. The van der Waals surface area contributed by atoms with Crippen molar-refractivity contribution in [2.45, 2.75) is 99.8 Å². The molecule has 2 amide bonds. The van der Waals surface area contributed by atoms with Crippen molar-refractivity contribution >= 4 is 61.3 Å². The molecule has 1 aliphatic carbocycles. The third-order valence-corrected chi connectivity index (χ3v) is 12.5. The molecule has 0 fully saturated rings. The van der Waals surface area contributed by atoms with E-state index in [0.29, 0.717) is 57.3 Å². The van der Waals surface area contributed by atoms with Gasteiger partial charge in [-0.1, -0.05) is 70.9 Å². The quantitative estimate of drug-likeness (QED) is 0.0668. The Hall–Kier alpha value is -5.78. The first kappa shape index (κ1) is 43.8. The van der Waals surface area contributed by atoms with Crippen LogP contribution in [0.3, 0.4) is 0 Å². The Morgan fingerprint density at radius 1 is 0.700 bits per heavy atom. The van der Waals surface area contributed by atoms with Crippen LogP contribution in [-0.4, -0.2) is 24.8 Å². The number of carbonyl (C=O) groups excluding carboxylic acids is 2. The highest BCUT2D eigenvalue weighted by Crippen LogP contribution is 2.44. The molecule has 4 N–H and O–H groups in total. The Labute approximate surface area is 353 Å². The lowest BCUT2D eigenvalue weighted by Gasteiger charge is -2.21. The fourth-order valence-electron chi connectivity index (χ4n) is 7.90. The van der Waals surface area contributed by atoms with E-state index in [1.807, 2.05) is 90.1 Å². The lowest BCUT2D eigenvalue weighted by Crippen LogP contribution is -2.17. The molecule has 2 aliphatic rings. The van der Waals surface area contributed by atoms with E-state index in [1.54, 1.807) is 18.2 Å². The molecule has 0 saturated heterocycles. The van der Waals surface area contributed by atoms with Gasteiger partial charge in [0.2, 0.25) is 11.8 Å². The smallest absolute Gasteiger partial charge is 0.295 e. The van der Waals surface area contributed by atoms with Crippen LogP contribution in [-0.2, 0) is 19.7 Å². The SMILES string of the molecule is CCC(C)CC(=O)Nc1c(C)cc(C)c(/N=c2/ccc3c(-c4ccccc4S(=O)(=O)O)c4ccc(Nc5c(C)cc(C)c(NC(=O)CC(C)CC)c5C)cc4oc-3c2)c1C. The topological polar surface area (TPSA) is 150 Å². The van der Waals surface area contributed by atoms with E-state index in [1.165, 1.54) is 6.07 Å². The molecule has 1 aliphatic heterocycles. The van der Waals surface area contributed by atoms with Gasteiger partial charge >= 0.3 is 0 Å². The van der Waals surface area contributed by atoms with E-state index in [4.69, 9.17) is 9.41 Å². The fourth-order valence-corrected chi connectivity index (χ4v) is 8.60. The third-order valence-electron chi connectivity index (χ3n) is 11.5. The first-order chi connectivity index (χ1) is 28.4. The Morgan fingerprint density at radius 3 is 1.90 bits per heavy atom. The minimum Gasteiger partial charge on any atom is -0.456 e. The summed E-state index contributed by atoms with van der Waals surface area (Å²) in [4.78, 5) is 30.8. The van der Waals surface area contributed by atoms with Gasteiger partial charge in [0.15, 0.2) is 0 Å². The van der Waals surface area contributed by atoms with Crippen LogP contribution in [0, 0.1) is 53.4 Å². The van der Waals surface area contributed by atoms with Crippen molar-refractivity contribution < 1.29 is 27.0 Å². The molecule has 0 saturated carbocycles. The summed E-state index contributed by atoms with van der Waals surface area (Å²) in [6.07, 6.45) is 2.69. The summed E-state index contributed by atoms with van der Waals surface area (Å²) in [5.74, 6) is 0.917. The number of benzene rings is 5. The molecule has 2 atom stereocenters. The lowest BCUT2D eigenvalue weighted by atomic mass is 9.93. The predicted octanol–water partition coefficient (Wildman–Crippen LogP) is 12.0. The van der Waals surface area contributed by atoms with Crippen molar-refractivity contribution in [1.29, 1.82) is 0 Å². The zero-order valence-corrected chi connectivity index (χ0v) is 37.1. The van der Waals surface area contributed by atoms with Crippen LogP contribution in [0.15, 0.2) is 87.1 Å². The molecule has 10 nitrogen and oxygen atoms in total. The second kappa shape index (κ2) is 17.8. The number of aryl methyl sites for hydroxylation is 4. The van der Waals surface area contributed by atoms with Crippen molar-refractivity contribution in [1.82, 2.24) is 0 Å². The maximum absolute atomic E-state index is 13.0. The van der Waals surface area contributed by atoms with Crippen molar-refractivity contribution in [3.63, 3.8) is 0 Å². The fraction of sp³-hybridized carbons (Fsp3) is 0.327. The molecule has 0 aromatic heterocycles. The van der Waals surface area contributed by atoms with Crippen LogP contribution >= 0.6 is 0 Å². The molecule has 4 aromatic carbocycles. The van der Waals surface area contributed by atoms with Gasteiger partial charge in [-0.3, -0.25) is 14.1 Å². The number of amides is 2. The van der Waals surface area contributed by atoms with Gasteiger partial charge in [0, 0.05) is 69.8 Å². The van der Waals surface area contributed by atoms with Gasteiger partial charge < -0.3 is 20.4 Å². The number of anilines is 4. The van der Waals surface area contributed by atoms with Gasteiger partial charge in [-0.05, 0) is 117 Å². The zero-order chi connectivity index (χ0) is 43.6. The second-order valence-corrected chi connectivity index (χ2v) is 17.7. The van der Waals surface area contributed by atoms with Crippen molar-refractivity contribution in [3.05, 3.63) is 112 Å². The summed E-state index contributed by atoms with van der Waals surface area (Å²) in [7, 11) is -4.61. The molecule has 0 spiro atoms. The summed E-state index contributed by atoms with van der Waals surface area (Å²) >= 11 is 0. The van der Waals surface area contributed by atoms with Crippen molar-refractivity contribution in [3.8, 4) is 22.5 Å². The van der Waals surface area contributed by atoms with Gasteiger partial charge in [0.1, 0.15) is 16.2 Å². The lowest BCUT2D eigenvalue weighted by molar-refractivity contribution is -0.117. The normalized spacial score (nSPS) is 13.1. The first-order valence-corrected chi connectivity index (χ1v) is 22.0. The summed E-state index contributed by atoms with van der Waals surface area (Å²) in [6, 6.07) is 21.6. The number of hydrogen-bond donors (Lipinski definition) is 4. The van der Waals surface area contributed by atoms with Crippen molar-refractivity contribution in [2.24, 2.45) is 16.8 Å². The van der Waals surface area contributed by atoms with Crippen LogP contribution in [0.1, 0.15) is 86.8 Å². The van der Waals surface area contributed by atoms with Crippen LogP contribution in [0.25, 0.3) is 33.4 Å². The van der Waals surface area contributed by atoms with Crippen LogP contribution < -0.4 is 21.3 Å². The molecule has 11 heteroatoms. The zero-order valence-electron chi connectivity index (χ0n) is 36.3. The predicted molar refractivity (Wildman–Crippen MR) is 243 cm³/mol. The van der Waals surface area contributed by atoms with Gasteiger partial charge in [-0.15, -0.1) is 0 Å². The number of nitrogens with one attached hydrogen (secondary N) is 3. The van der Waals surface area contributed by atoms with Crippen LogP contribution in [0.2, 0.25) is 0 Å². The molecule has 0 bridgehead atoms. The molecule has 0 radical (unpaired) electrons. The Balaban J connectivity index is 1.51. The molecule has 6 rings (SSSR count). The van der Waals surface area contributed by atoms with E-state index in [-0.39, 0.29) is 28.5 Å². The van der Waals surface area contributed by atoms with Gasteiger partial charge in [-0.2, -0.15) is 8.42 Å². The summed E-state index contributed by atoms with van der Waals surface area (Å²) in [5, 5.41) is 11.1. The average molecular weight is 829 g/mol. The summed E-state index contributed by atoms with van der Waals surface area (Å²) in [6.45, 7) is 20.2. The molecule has 2 unspecified atom stereocenters. The molecular formula is C49H56N4O6S. The Bertz CT molecular complexity index is 2790. The maximum Gasteiger partial charge on any atom is 0.295 e. The highest BCUT2D eigenvalue weighted by atomic mass is 32.2. The highest BCUT2D eigenvalue weighted by Gasteiger charge is 2.24. The van der Waals surface area contributed by atoms with Gasteiger partial charge in [-0.25, -0.2) is 4.99 Å². The number of nitrogens with zero attached hydrogens (tertiary/aromatic N) is 1. The first-order valence-electron chi connectivity index (χ1n) is 20.6. The Kier molecular flexibility index (Phi) is 13.0. The van der Waals surface area contributed by atoms with Gasteiger partial charge in [0.05, 0.1) is 11.0 Å². The van der Waals surface area contributed by atoms with Crippen molar-refractivity contribution in [2.75, 3.05) is 16.0 Å².